The van der Waals surface area contributed by atoms with Crippen LogP contribution in [0.25, 0.3) is 0 Å². The van der Waals surface area contributed by atoms with Gasteiger partial charge in [-0.25, -0.2) is 9.18 Å². The van der Waals surface area contributed by atoms with E-state index in [0.717, 1.165) is 6.20 Å². The standard InChI is InChI=1S/C15H23FN4O5/c1-15(2,3)25-14(21)18-10-5-6-12(24-8-9(10)16)13-11(20(22)23)7-17-19(13)4/h7,9-10,12H,5-6,8H2,1-4H3,(H,18,21)/t9-,10-,12+/m1/s1. The van der Waals surface area contributed by atoms with E-state index in [1.807, 2.05) is 0 Å². The lowest BCUT2D eigenvalue weighted by Gasteiger charge is -2.24. The number of nitrogens with one attached hydrogen (secondary N) is 1. The molecule has 0 bridgehead atoms. The summed E-state index contributed by atoms with van der Waals surface area (Å²) in [5.41, 5.74) is -0.564. The fourth-order valence-electron chi connectivity index (χ4n) is 2.71. The molecule has 140 valence electrons. The molecular weight excluding hydrogens is 335 g/mol. The lowest BCUT2D eigenvalue weighted by atomic mass is 10.0. The number of carbonyl (C=O) groups is 1. The third kappa shape index (κ3) is 4.88. The number of rotatable bonds is 3. The van der Waals surface area contributed by atoms with E-state index in [9.17, 15) is 19.3 Å². The third-order valence-corrected chi connectivity index (χ3v) is 3.80. The van der Waals surface area contributed by atoms with Crippen molar-refractivity contribution in [1.29, 1.82) is 0 Å². The average Bonchev–Trinajstić information content (AvgIpc) is 2.77. The second-order valence-corrected chi connectivity index (χ2v) is 6.96. The molecule has 0 radical (unpaired) electrons. The molecule has 9 nitrogen and oxygen atoms in total. The zero-order valence-corrected chi connectivity index (χ0v) is 14.7. The molecule has 0 unspecified atom stereocenters. The Morgan fingerprint density at radius 1 is 1.52 bits per heavy atom. The van der Waals surface area contributed by atoms with Crippen molar-refractivity contribution in [1.82, 2.24) is 15.1 Å². The van der Waals surface area contributed by atoms with Crippen LogP contribution in [0.3, 0.4) is 0 Å². The number of halogens is 1. The maximum Gasteiger partial charge on any atom is 0.407 e. The highest BCUT2D eigenvalue weighted by molar-refractivity contribution is 5.68. The van der Waals surface area contributed by atoms with Gasteiger partial charge in [0.15, 0.2) is 0 Å². The van der Waals surface area contributed by atoms with Gasteiger partial charge in [-0.3, -0.25) is 14.8 Å². The van der Waals surface area contributed by atoms with Crippen LogP contribution in [0, 0.1) is 10.1 Å². The third-order valence-electron chi connectivity index (χ3n) is 3.80. The fourth-order valence-corrected chi connectivity index (χ4v) is 2.71. The van der Waals surface area contributed by atoms with E-state index in [0.29, 0.717) is 6.42 Å². The van der Waals surface area contributed by atoms with Gasteiger partial charge >= 0.3 is 11.8 Å². The maximum atomic E-state index is 14.3. The lowest BCUT2D eigenvalue weighted by molar-refractivity contribution is -0.386. The van der Waals surface area contributed by atoms with Gasteiger partial charge < -0.3 is 14.8 Å². The summed E-state index contributed by atoms with van der Waals surface area (Å²) in [6.07, 6.45) is -1.10. The van der Waals surface area contributed by atoms with Crippen LogP contribution in [0.1, 0.15) is 45.4 Å². The van der Waals surface area contributed by atoms with Crippen molar-refractivity contribution < 1.29 is 23.6 Å². The molecule has 0 aliphatic carbocycles. The minimum absolute atomic E-state index is 0.165. The van der Waals surface area contributed by atoms with Gasteiger partial charge in [-0.1, -0.05) is 0 Å². The highest BCUT2D eigenvalue weighted by Gasteiger charge is 2.35. The van der Waals surface area contributed by atoms with Crippen molar-refractivity contribution in [2.45, 2.75) is 57.5 Å². The molecule has 0 saturated carbocycles. The van der Waals surface area contributed by atoms with Crippen LogP contribution in [0.4, 0.5) is 14.9 Å². The van der Waals surface area contributed by atoms with E-state index in [4.69, 9.17) is 9.47 Å². The Morgan fingerprint density at radius 2 is 2.20 bits per heavy atom. The number of ether oxygens (including phenoxy) is 2. The summed E-state index contributed by atoms with van der Waals surface area (Å²) in [6, 6.07) is -0.785. The summed E-state index contributed by atoms with van der Waals surface area (Å²) in [7, 11) is 1.57. The highest BCUT2D eigenvalue weighted by Crippen LogP contribution is 2.33. The van der Waals surface area contributed by atoms with Crippen molar-refractivity contribution in [3.8, 4) is 0 Å². The van der Waals surface area contributed by atoms with Gasteiger partial charge in [-0.05, 0) is 33.6 Å². The van der Waals surface area contributed by atoms with Crippen LogP contribution >= 0.6 is 0 Å². The van der Waals surface area contributed by atoms with Gasteiger partial charge in [0, 0.05) is 7.05 Å². The van der Waals surface area contributed by atoms with Gasteiger partial charge in [-0.15, -0.1) is 0 Å². The van der Waals surface area contributed by atoms with E-state index in [-0.39, 0.29) is 24.4 Å². The molecule has 1 fully saturated rings. The lowest BCUT2D eigenvalue weighted by Crippen LogP contribution is -2.44. The Kier molecular flexibility index (Phi) is 5.61. The van der Waals surface area contributed by atoms with Crippen LogP contribution in [0.2, 0.25) is 0 Å². The summed E-state index contributed by atoms with van der Waals surface area (Å²) in [6.45, 7) is 4.86. The van der Waals surface area contributed by atoms with Gasteiger partial charge in [0.25, 0.3) is 0 Å². The van der Waals surface area contributed by atoms with Crippen LogP contribution in [-0.4, -0.2) is 45.2 Å². The molecular formula is C15H23FN4O5. The molecule has 0 aromatic carbocycles. The Hall–Kier alpha value is -2.23. The Bertz CT molecular complexity index is 642. The number of carbonyl (C=O) groups excluding carboxylic acids is 1. The summed E-state index contributed by atoms with van der Waals surface area (Å²) >= 11 is 0. The molecule has 1 aromatic rings. The fraction of sp³-hybridized carbons (Fsp3) is 0.733. The van der Waals surface area contributed by atoms with E-state index >= 15 is 0 Å². The Balaban J connectivity index is 2.07. The minimum atomic E-state index is -1.44. The number of amides is 1. The van der Waals surface area contributed by atoms with E-state index in [1.54, 1.807) is 27.8 Å². The smallest absolute Gasteiger partial charge is 0.407 e. The zero-order valence-electron chi connectivity index (χ0n) is 14.7. The first-order chi connectivity index (χ1) is 11.6. The number of nitro groups is 1. The normalized spacial score (nSPS) is 24.4. The van der Waals surface area contributed by atoms with E-state index < -0.39 is 34.9 Å². The molecule has 0 spiro atoms. The molecule has 2 heterocycles. The van der Waals surface area contributed by atoms with Gasteiger partial charge in [0.2, 0.25) is 0 Å². The Morgan fingerprint density at radius 3 is 2.80 bits per heavy atom. The van der Waals surface area contributed by atoms with Crippen molar-refractivity contribution in [2.24, 2.45) is 7.05 Å². The van der Waals surface area contributed by atoms with Crippen molar-refractivity contribution >= 4 is 11.8 Å². The summed E-state index contributed by atoms with van der Waals surface area (Å²) in [4.78, 5) is 22.4. The van der Waals surface area contributed by atoms with Crippen LogP contribution < -0.4 is 5.32 Å². The second kappa shape index (κ2) is 7.34. The molecule has 2 rings (SSSR count). The molecule has 1 aliphatic heterocycles. The monoisotopic (exact) mass is 358 g/mol. The van der Waals surface area contributed by atoms with Crippen LogP contribution in [0.5, 0.6) is 0 Å². The summed E-state index contributed by atoms with van der Waals surface area (Å²) < 4.78 is 26.3. The van der Waals surface area contributed by atoms with Gasteiger partial charge in [-0.2, -0.15) is 5.10 Å². The largest absolute Gasteiger partial charge is 0.444 e. The molecule has 25 heavy (non-hydrogen) atoms. The van der Waals surface area contributed by atoms with Crippen molar-refractivity contribution in [3.05, 3.63) is 22.0 Å². The summed E-state index contributed by atoms with van der Waals surface area (Å²) in [5, 5.41) is 17.5. The molecule has 1 saturated heterocycles. The first kappa shape index (κ1) is 19.1. The Labute approximate surface area is 144 Å². The second-order valence-electron chi connectivity index (χ2n) is 6.96. The van der Waals surface area contributed by atoms with E-state index in [2.05, 4.69) is 10.4 Å². The van der Waals surface area contributed by atoms with Gasteiger partial charge in [0.05, 0.1) is 17.6 Å². The number of alkyl carbamates (subject to hydrolysis) is 1. The summed E-state index contributed by atoms with van der Waals surface area (Å²) in [5.74, 6) is 0. The predicted molar refractivity (Wildman–Crippen MR) is 85.8 cm³/mol. The highest BCUT2D eigenvalue weighted by atomic mass is 19.1. The van der Waals surface area contributed by atoms with Gasteiger partial charge in [0.1, 0.15) is 29.8 Å². The number of hydrogen-bond donors (Lipinski definition) is 1. The van der Waals surface area contributed by atoms with Crippen LogP contribution in [-0.2, 0) is 16.5 Å². The SMILES string of the molecule is Cn1ncc([N+](=O)[O-])c1[C@@H]1CC[C@@H](NC(=O)OC(C)(C)C)[C@H](F)CO1. The average molecular weight is 358 g/mol. The van der Waals surface area contributed by atoms with E-state index in [1.165, 1.54) is 4.68 Å². The maximum absolute atomic E-state index is 14.3. The quantitative estimate of drug-likeness (QED) is 0.656. The molecule has 1 N–H and O–H groups in total. The number of nitrogens with zero attached hydrogens (tertiary/aromatic N) is 3. The van der Waals surface area contributed by atoms with Crippen LogP contribution in [0.15, 0.2) is 6.20 Å². The number of alkyl halides is 1. The number of aryl methyl sites for hydroxylation is 1. The predicted octanol–water partition coefficient (Wildman–Crippen LogP) is 2.41. The molecule has 3 atom stereocenters. The molecule has 1 aliphatic rings. The first-order valence-corrected chi connectivity index (χ1v) is 8.00. The molecule has 10 heteroatoms. The minimum Gasteiger partial charge on any atom is -0.444 e. The topological polar surface area (TPSA) is 109 Å². The molecule has 1 amide bonds. The van der Waals surface area contributed by atoms with Crippen molar-refractivity contribution in [3.63, 3.8) is 0 Å². The molecule has 1 aromatic heterocycles. The number of hydrogen-bond acceptors (Lipinski definition) is 6. The zero-order chi connectivity index (χ0) is 18.8. The number of aromatic nitrogens is 2. The first-order valence-electron chi connectivity index (χ1n) is 8.00. The van der Waals surface area contributed by atoms with Crippen molar-refractivity contribution in [2.75, 3.05) is 6.61 Å².